The number of carbonyl (C=O) groups is 1. The monoisotopic (exact) mass is 179 g/mol. The molecule has 0 N–H and O–H groups in total. The smallest absolute Gasteiger partial charge is 0.160 e. The van der Waals surface area contributed by atoms with Crippen LogP contribution in [0.1, 0.15) is 39.0 Å². The van der Waals surface area contributed by atoms with Gasteiger partial charge in [-0.1, -0.05) is 6.92 Å². The molecular weight excluding hydrogens is 162 g/mol. The van der Waals surface area contributed by atoms with Crippen molar-refractivity contribution in [1.29, 1.82) is 0 Å². The molecule has 0 atom stereocenters. The number of likely N-dealkylation sites (tertiary alicyclic amines) is 1. The van der Waals surface area contributed by atoms with Gasteiger partial charge < -0.3 is 4.90 Å². The third kappa shape index (κ3) is 1.50. The Hall–Kier alpha value is -0.790. The predicted octanol–water partition coefficient (Wildman–Crippen LogP) is 2.11. The number of ketones is 1. The summed E-state index contributed by atoms with van der Waals surface area (Å²) >= 11 is 0. The normalized spacial score (nSPS) is 23.5. The first-order chi connectivity index (χ1) is 6.33. The van der Waals surface area contributed by atoms with E-state index in [1.807, 2.05) is 0 Å². The molecule has 0 saturated carbocycles. The summed E-state index contributed by atoms with van der Waals surface area (Å²) in [5.74, 6) is 0.393. The zero-order valence-electron chi connectivity index (χ0n) is 8.31. The maximum atomic E-state index is 11.5. The van der Waals surface area contributed by atoms with E-state index in [0.29, 0.717) is 5.78 Å². The van der Waals surface area contributed by atoms with Crippen LogP contribution in [0.2, 0.25) is 0 Å². The second-order valence-corrected chi connectivity index (χ2v) is 3.90. The first-order valence-electron chi connectivity index (χ1n) is 5.33. The van der Waals surface area contributed by atoms with E-state index in [2.05, 4.69) is 11.8 Å². The molecule has 2 heteroatoms. The highest BCUT2D eigenvalue weighted by Crippen LogP contribution is 2.30. The molecule has 0 spiro atoms. The van der Waals surface area contributed by atoms with Crippen molar-refractivity contribution in [2.45, 2.75) is 39.0 Å². The minimum atomic E-state index is 0.393. The van der Waals surface area contributed by atoms with Gasteiger partial charge in [0, 0.05) is 30.8 Å². The predicted molar refractivity (Wildman–Crippen MR) is 52.4 cm³/mol. The molecule has 1 saturated heterocycles. The number of Topliss-reactive ketones (excluding diaryl/α,β-unsaturated/α-hetero) is 1. The molecule has 1 heterocycles. The van der Waals surface area contributed by atoms with Crippen molar-refractivity contribution < 1.29 is 4.79 Å². The molecule has 1 fully saturated rings. The zero-order valence-corrected chi connectivity index (χ0v) is 8.31. The van der Waals surface area contributed by atoms with Crippen molar-refractivity contribution in [3.8, 4) is 0 Å². The van der Waals surface area contributed by atoms with Crippen molar-refractivity contribution in [1.82, 2.24) is 4.90 Å². The van der Waals surface area contributed by atoms with Gasteiger partial charge in [0.25, 0.3) is 0 Å². The second-order valence-electron chi connectivity index (χ2n) is 3.90. The molecule has 1 aliphatic heterocycles. The fourth-order valence-electron chi connectivity index (χ4n) is 2.43. The summed E-state index contributed by atoms with van der Waals surface area (Å²) in [5.41, 5.74) is 2.48. The lowest BCUT2D eigenvalue weighted by Crippen LogP contribution is -2.18. The third-order valence-electron chi connectivity index (χ3n) is 3.12. The molecular formula is C11H17NO. The lowest BCUT2D eigenvalue weighted by atomic mass is 10.1. The van der Waals surface area contributed by atoms with Crippen LogP contribution in [-0.2, 0) is 4.79 Å². The molecule has 0 bridgehead atoms. The molecule has 0 amide bonds. The number of hydrogen-bond acceptors (Lipinski definition) is 2. The highest BCUT2D eigenvalue weighted by molar-refractivity contribution is 5.98. The lowest BCUT2D eigenvalue weighted by Gasteiger charge is -2.20. The zero-order chi connectivity index (χ0) is 9.26. The highest BCUT2D eigenvalue weighted by atomic mass is 16.1. The van der Waals surface area contributed by atoms with Gasteiger partial charge >= 0.3 is 0 Å². The SMILES string of the molecule is CCC1=C(N2CCCC2)CCC1=O. The van der Waals surface area contributed by atoms with Gasteiger partial charge in [-0.05, 0) is 25.7 Å². The van der Waals surface area contributed by atoms with Crippen LogP contribution >= 0.6 is 0 Å². The number of nitrogens with zero attached hydrogens (tertiary/aromatic N) is 1. The molecule has 2 rings (SSSR count). The Bertz CT molecular complexity index is 249. The van der Waals surface area contributed by atoms with Gasteiger partial charge in [-0.25, -0.2) is 0 Å². The maximum Gasteiger partial charge on any atom is 0.160 e. The Morgan fingerprint density at radius 1 is 1.23 bits per heavy atom. The van der Waals surface area contributed by atoms with Crippen molar-refractivity contribution in [3.05, 3.63) is 11.3 Å². The van der Waals surface area contributed by atoms with Gasteiger partial charge in [0.05, 0.1) is 0 Å². The van der Waals surface area contributed by atoms with Crippen molar-refractivity contribution in [2.75, 3.05) is 13.1 Å². The van der Waals surface area contributed by atoms with Gasteiger partial charge in [0.2, 0.25) is 0 Å². The molecule has 2 nitrogen and oxygen atoms in total. The third-order valence-corrected chi connectivity index (χ3v) is 3.12. The Kier molecular flexibility index (Phi) is 2.38. The first-order valence-corrected chi connectivity index (χ1v) is 5.33. The summed E-state index contributed by atoms with van der Waals surface area (Å²) in [7, 11) is 0. The number of hydrogen-bond donors (Lipinski definition) is 0. The fourth-order valence-corrected chi connectivity index (χ4v) is 2.43. The molecule has 0 aromatic rings. The van der Waals surface area contributed by atoms with E-state index in [4.69, 9.17) is 0 Å². The van der Waals surface area contributed by atoms with Crippen LogP contribution in [0.15, 0.2) is 11.3 Å². The van der Waals surface area contributed by atoms with Gasteiger partial charge in [-0.2, -0.15) is 0 Å². The molecule has 0 aromatic carbocycles. The van der Waals surface area contributed by atoms with Gasteiger partial charge in [0.15, 0.2) is 5.78 Å². The van der Waals surface area contributed by atoms with Crippen LogP contribution < -0.4 is 0 Å². The van der Waals surface area contributed by atoms with Crippen LogP contribution in [0, 0.1) is 0 Å². The molecule has 0 aromatic heterocycles. The average molecular weight is 179 g/mol. The molecule has 72 valence electrons. The van der Waals surface area contributed by atoms with Crippen LogP contribution in [0.4, 0.5) is 0 Å². The van der Waals surface area contributed by atoms with E-state index in [9.17, 15) is 4.79 Å². The van der Waals surface area contributed by atoms with E-state index >= 15 is 0 Å². The van der Waals surface area contributed by atoms with Crippen LogP contribution in [0.5, 0.6) is 0 Å². The quantitative estimate of drug-likeness (QED) is 0.647. The van der Waals surface area contributed by atoms with Gasteiger partial charge in [-0.15, -0.1) is 0 Å². The summed E-state index contributed by atoms with van der Waals surface area (Å²) in [5, 5.41) is 0. The topological polar surface area (TPSA) is 20.3 Å². The average Bonchev–Trinajstić information content (AvgIpc) is 2.71. The highest BCUT2D eigenvalue weighted by Gasteiger charge is 2.26. The number of rotatable bonds is 2. The van der Waals surface area contributed by atoms with Gasteiger partial charge in [0.1, 0.15) is 0 Å². The van der Waals surface area contributed by atoms with Crippen molar-refractivity contribution >= 4 is 5.78 Å². The molecule has 2 aliphatic rings. The van der Waals surface area contributed by atoms with E-state index in [1.54, 1.807) is 0 Å². The van der Waals surface area contributed by atoms with E-state index < -0.39 is 0 Å². The molecule has 0 radical (unpaired) electrons. The Morgan fingerprint density at radius 3 is 2.54 bits per heavy atom. The Balaban J connectivity index is 2.19. The van der Waals surface area contributed by atoms with Crippen molar-refractivity contribution in [3.63, 3.8) is 0 Å². The lowest BCUT2D eigenvalue weighted by molar-refractivity contribution is -0.115. The van der Waals surface area contributed by atoms with E-state index in [0.717, 1.165) is 24.8 Å². The summed E-state index contributed by atoms with van der Waals surface area (Å²) in [6, 6.07) is 0. The summed E-state index contributed by atoms with van der Waals surface area (Å²) in [6.45, 7) is 4.44. The summed E-state index contributed by atoms with van der Waals surface area (Å²) < 4.78 is 0. The van der Waals surface area contributed by atoms with E-state index in [1.165, 1.54) is 31.6 Å². The number of carbonyl (C=O) groups excluding carboxylic acids is 1. The second kappa shape index (κ2) is 3.52. The van der Waals surface area contributed by atoms with Crippen LogP contribution in [0.25, 0.3) is 0 Å². The van der Waals surface area contributed by atoms with Crippen molar-refractivity contribution in [2.24, 2.45) is 0 Å². The maximum absolute atomic E-state index is 11.5. The largest absolute Gasteiger partial charge is 0.374 e. The first kappa shape index (κ1) is 8.79. The Labute approximate surface area is 79.6 Å². The molecule has 1 aliphatic carbocycles. The minimum absolute atomic E-state index is 0.393. The number of allylic oxidation sites excluding steroid dienone is 2. The van der Waals surface area contributed by atoms with E-state index in [-0.39, 0.29) is 0 Å². The molecule has 0 unspecified atom stereocenters. The van der Waals surface area contributed by atoms with Gasteiger partial charge in [-0.3, -0.25) is 4.79 Å². The summed E-state index contributed by atoms with van der Waals surface area (Å²) in [6.07, 6.45) is 5.28. The Morgan fingerprint density at radius 2 is 1.92 bits per heavy atom. The van der Waals surface area contributed by atoms with Crippen LogP contribution in [-0.4, -0.2) is 23.8 Å². The fraction of sp³-hybridized carbons (Fsp3) is 0.727. The standard InChI is InChI=1S/C11H17NO/c1-2-9-10(5-6-11(9)13)12-7-3-4-8-12/h2-8H2,1H3. The summed E-state index contributed by atoms with van der Waals surface area (Å²) in [4.78, 5) is 13.9. The molecule has 13 heavy (non-hydrogen) atoms. The van der Waals surface area contributed by atoms with Crippen LogP contribution in [0.3, 0.4) is 0 Å². The minimum Gasteiger partial charge on any atom is -0.374 e.